The van der Waals surface area contributed by atoms with Gasteiger partial charge in [-0.15, -0.1) is 0 Å². The van der Waals surface area contributed by atoms with E-state index in [0.717, 1.165) is 4.55 Å². The summed E-state index contributed by atoms with van der Waals surface area (Å²) in [5.41, 5.74) is 0. The second-order valence-electron chi connectivity index (χ2n) is 1.12. The third-order valence-corrected chi connectivity index (χ3v) is 2.62. The van der Waals surface area contributed by atoms with E-state index >= 15 is 0 Å². The van der Waals surface area contributed by atoms with Gasteiger partial charge in [-0.2, -0.15) is 0 Å². The Hall–Kier alpha value is 0.200. The van der Waals surface area contributed by atoms with Crippen LogP contribution in [0.3, 0.4) is 0 Å². The molecule has 1 amide bonds. The molecule has 6 heavy (non-hydrogen) atoms. The van der Waals surface area contributed by atoms with E-state index in [1.165, 1.54) is 0 Å². The molecule has 0 radical (unpaired) electrons. The van der Waals surface area contributed by atoms with E-state index < -0.39 is 0 Å². The molecule has 3 heteroatoms. The topological polar surface area (TPSA) is 20.1 Å². The first-order valence-electron chi connectivity index (χ1n) is 1.68. The SMILES string of the molecule is CC(=O)N1C[I-]1. The molecule has 0 atom stereocenters. The third-order valence-electron chi connectivity index (χ3n) is 0.581. The van der Waals surface area contributed by atoms with Gasteiger partial charge in [-0.3, -0.25) is 0 Å². The monoisotopic (exact) mass is 198 g/mol. The minimum atomic E-state index is 0.218. The van der Waals surface area contributed by atoms with Crippen molar-refractivity contribution in [1.29, 1.82) is 0 Å². The Bertz CT molecular complexity index is 78.9. The summed E-state index contributed by atoms with van der Waals surface area (Å²) < 4.78 is 2.98. The summed E-state index contributed by atoms with van der Waals surface area (Å²) in [6.07, 6.45) is 0. The maximum absolute atomic E-state index is 10.2. The van der Waals surface area contributed by atoms with Crippen LogP contribution in [0.5, 0.6) is 0 Å². The minimum absolute atomic E-state index is 0.218. The Balaban J connectivity index is 2.31. The molecular weight excluding hydrogens is 193 g/mol. The predicted molar refractivity (Wildman–Crippen MR) is 17.4 cm³/mol. The van der Waals surface area contributed by atoms with Crippen molar-refractivity contribution in [3.8, 4) is 0 Å². The van der Waals surface area contributed by atoms with Crippen LogP contribution in [0, 0.1) is 0 Å². The zero-order valence-corrected chi connectivity index (χ0v) is 5.60. The number of halogens is 1. The van der Waals surface area contributed by atoms with Crippen LogP contribution < -0.4 is 21.5 Å². The molecule has 0 N–H and O–H groups in total. The van der Waals surface area contributed by atoms with Gasteiger partial charge in [-0.25, -0.2) is 0 Å². The normalized spacial score (nSPS) is 19.2. The second-order valence-corrected chi connectivity index (χ2v) is 3.65. The summed E-state index contributed by atoms with van der Waals surface area (Å²) in [4.78, 5) is 10.2. The summed E-state index contributed by atoms with van der Waals surface area (Å²) >= 11 is 0.218. The fourth-order valence-corrected chi connectivity index (χ4v) is 1.31. The maximum atomic E-state index is 10.2. The van der Waals surface area contributed by atoms with Gasteiger partial charge in [0.25, 0.3) is 0 Å². The van der Waals surface area contributed by atoms with Gasteiger partial charge in [0.05, 0.1) is 0 Å². The van der Waals surface area contributed by atoms with Crippen LogP contribution in [0.4, 0.5) is 0 Å². The fraction of sp³-hybridized carbons (Fsp3) is 0.667. The van der Waals surface area contributed by atoms with Crippen LogP contribution in [0.15, 0.2) is 0 Å². The molecule has 1 aliphatic rings. The summed E-state index contributed by atoms with van der Waals surface area (Å²) in [6.45, 7) is 1.62. The van der Waals surface area contributed by atoms with E-state index in [0.29, 0.717) is 0 Å². The van der Waals surface area contributed by atoms with Gasteiger partial charge in [0, 0.05) is 0 Å². The van der Waals surface area contributed by atoms with Gasteiger partial charge >= 0.3 is 46.8 Å². The van der Waals surface area contributed by atoms with Crippen molar-refractivity contribution in [2.24, 2.45) is 0 Å². The van der Waals surface area contributed by atoms with Crippen molar-refractivity contribution in [3.63, 3.8) is 0 Å². The molecule has 1 rings (SSSR count). The third kappa shape index (κ3) is 0.830. The first-order chi connectivity index (χ1) is 2.80. The summed E-state index contributed by atoms with van der Waals surface area (Å²) in [6, 6.07) is 0. The van der Waals surface area contributed by atoms with Gasteiger partial charge < -0.3 is 0 Å². The van der Waals surface area contributed by atoms with Gasteiger partial charge in [-0.1, -0.05) is 0 Å². The molecule has 2 nitrogen and oxygen atoms in total. The molecule has 1 aliphatic heterocycles. The molecule has 0 aliphatic carbocycles. The van der Waals surface area contributed by atoms with Crippen molar-refractivity contribution < 1.29 is 26.3 Å². The molecule has 0 aromatic heterocycles. The zero-order valence-electron chi connectivity index (χ0n) is 3.44. The molecule has 0 bridgehead atoms. The average Bonchev–Trinajstić information content (AvgIpc) is 2.06. The van der Waals surface area contributed by atoms with E-state index in [9.17, 15) is 4.79 Å². The molecule has 0 saturated carbocycles. The van der Waals surface area contributed by atoms with Crippen molar-refractivity contribution in [2.75, 3.05) is 4.55 Å². The number of hydrogen-bond acceptors (Lipinski definition) is 1. The van der Waals surface area contributed by atoms with Crippen molar-refractivity contribution in [2.45, 2.75) is 6.92 Å². The Kier molecular flexibility index (Phi) is 0.992. The molecule has 1 fully saturated rings. The van der Waals surface area contributed by atoms with Crippen LogP contribution in [-0.4, -0.2) is 13.6 Å². The van der Waals surface area contributed by atoms with Gasteiger partial charge in [-0.05, 0) is 0 Å². The standard InChI is InChI=1S/C3H5INO/c1-3(6)5-2-4-5/h2H2,1H3/q-1. The van der Waals surface area contributed by atoms with E-state index in [1.807, 2.05) is 3.11 Å². The van der Waals surface area contributed by atoms with Crippen LogP contribution in [-0.2, 0) is 4.79 Å². The summed E-state index contributed by atoms with van der Waals surface area (Å²) in [5, 5.41) is 0. The van der Waals surface area contributed by atoms with E-state index in [1.54, 1.807) is 6.92 Å². The quantitative estimate of drug-likeness (QED) is 0.132. The van der Waals surface area contributed by atoms with E-state index in [4.69, 9.17) is 0 Å². The van der Waals surface area contributed by atoms with Gasteiger partial charge in [0.2, 0.25) is 0 Å². The van der Waals surface area contributed by atoms with E-state index in [-0.39, 0.29) is 27.4 Å². The Morgan fingerprint density at radius 3 is 2.50 bits per heavy atom. The molecule has 0 unspecified atom stereocenters. The average molecular weight is 198 g/mol. The molecule has 36 valence electrons. The van der Waals surface area contributed by atoms with Crippen molar-refractivity contribution in [3.05, 3.63) is 0 Å². The molecule has 0 spiro atoms. The first-order valence-corrected chi connectivity index (χ1v) is 4.17. The molecule has 0 aromatic carbocycles. The van der Waals surface area contributed by atoms with Crippen LogP contribution >= 0.6 is 0 Å². The van der Waals surface area contributed by atoms with E-state index in [2.05, 4.69) is 0 Å². The molecule has 0 aromatic rings. The zero-order chi connectivity index (χ0) is 4.57. The van der Waals surface area contributed by atoms with Gasteiger partial charge in [0.15, 0.2) is 0 Å². The Morgan fingerprint density at radius 2 is 2.50 bits per heavy atom. The number of hydrogen-bond donors (Lipinski definition) is 0. The Labute approximate surface area is 47.1 Å². The number of nitrogens with zero attached hydrogens (tertiary/aromatic N) is 1. The van der Waals surface area contributed by atoms with Gasteiger partial charge in [0.1, 0.15) is 0 Å². The second kappa shape index (κ2) is 1.36. The predicted octanol–water partition coefficient (Wildman–Crippen LogP) is -3.19. The van der Waals surface area contributed by atoms with Crippen molar-refractivity contribution >= 4 is 5.91 Å². The summed E-state index contributed by atoms with van der Waals surface area (Å²) in [5.74, 6) is 0.253. The number of amides is 1. The van der Waals surface area contributed by atoms with Crippen molar-refractivity contribution in [1.82, 2.24) is 3.11 Å². The van der Waals surface area contributed by atoms with Crippen LogP contribution in [0.1, 0.15) is 6.92 Å². The first kappa shape index (κ1) is 4.36. The number of rotatable bonds is 0. The van der Waals surface area contributed by atoms with Crippen LogP contribution in [0.2, 0.25) is 0 Å². The number of alkyl halides is 1. The molecule has 1 heterocycles. The number of carbonyl (C=O) groups is 1. The molecular formula is C3H5INO-. The Morgan fingerprint density at radius 1 is 2.00 bits per heavy atom. The van der Waals surface area contributed by atoms with Crippen LogP contribution in [0.25, 0.3) is 0 Å². The number of carbonyl (C=O) groups excluding carboxylic acids is 1. The molecule has 1 saturated heterocycles. The summed E-state index contributed by atoms with van der Waals surface area (Å²) in [7, 11) is 0. The fourth-order valence-electron chi connectivity index (χ4n) is 0.195.